The van der Waals surface area contributed by atoms with Crippen molar-refractivity contribution in [3.63, 3.8) is 0 Å². The number of aromatic hydroxyl groups is 2. The zero-order valence-electron chi connectivity index (χ0n) is 12.0. The van der Waals surface area contributed by atoms with Crippen LogP contribution < -0.4 is 5.32 Å². The van der Waals surface area contributed by atoms with Crippen LogP contribution in [0.1, 0.15) is 26.3 Å². The first kappa shape index (κ1) is 17.0. The van der Waals surface area contributed by atoms with E-state index in [9.17, 15) is 15.0 Å². The van der Waals surface area contributed by atoms with Crippen LogP contribution in [0.5, 0.6) is 11.5 Å². The van der Waals surface area contributed by atoms with Crippen molar-refractivity contribution in [1.82, 2.24) is 5.32 Å². The van der Waals surface area contributed by atoms with Crippen molar-refractivity contribution in [2.24, 2.45) is 0 Å². The first-order valence-electron chi connectivity index (χ1n) is 6.59. The van der Waals surface area contributed by atoms with Crippen LogP contribution in [-0.2, 0) is 11.2 Å². The number of nitrogens with one attached hydrogen (secondary N) is 1. The molecule has 0 saturated carbocycles. The molecule has 0 aromatic heterocycles. The summed E-state index contributed by atoms with van der Waals surface area (Å²) in [7, 11) is 0. The molecule has 4 nitrogen and oxygen atoms in total. The number of carbonyl (C=O) groups excluding carboxylic acids is 1. The number of phenols is 2. The van der Waals surface area contributed by atoms with E-state index in [1.165, 1.54) is 18.7 Å². The maximum absolute atomic E-state index is 11.0. The largest absolute Gasteiger partial charge is 0.504 e. The van der Waals surface area contributed by atoms with E-state index in [-0.39, 0.29) is 17.4 Å². The van der Waals surface area contributed by atoms with Gasteiger partial charge in [0.15, 0.2) is 11.5 Å². The second-order valence-corrected chi connectivity index (χ2v) is 6.73. The number of hydrogen-bond acceptors (Lipinski definition) is 5. The first-order chi connectivity index (χ1) is 9.51. The summed E-state index contributed by atoms with van der Waals surface area (Å²) >= 11 is 3.13. The minimum Gasteiger partial charge on any atom is -0.504 e. The molecule has 1 aromatic rings. The number of benzene rings is 1. The molecule has 0 atom stereocenters. The van der Waals surface area contributed by atoms with E-state index in [0.717, 1.165) is 22.0 Å². The fourth-order valence-corrected chi connectivity index (χ4v) is 3.70. The van der Waals surface area contributed by atoms with E-state index in [1.807, 2.05) is 13.8 Å². The van der Waals surface area contributed by atoms with Gasteiger partial charge in [0, 0.05) is 18.4 Å². The molecule has 0 saturated heterocycles. The van der Waals surface area contributed by atoms with Gasteiger partial charge in [-0.25, -0.2) is 0 Å². The normalized spacial score (nSPS) is 10.6. The summed E-state index contributed by atoms with van der Waals surface area (Å²) in [6.45, 7) is 6.04. The lowest BCUT2D eigenvalue weighted by Crippen LogP contribution is -2.22. The second kappa shape index (κ2) is 8.32. The predicted octanol–water partition coefficient (Wildman–Crippen LogP) is 3.00. The molecule has 0 radical (unpaired) electrons. The zero-order valence-corrected chi connectivity index (χ0v) is 13.7. The topological polar surface area (TPSA) is 69.6 Å². The van der Waals surface area contributed by atoms with Crippen LogP contribution in [0.3, 0.4) is 0 Å². The maximum atomic E-state index is 11.0. The van der Waals surface area contributed by atoms with Crippen molar-refractivity contribution < 1.29 is 15.0 Å². The lowest BCUT2D eigenvalue weighted by atomic mass is 10.1. The van der Waals surface area contributed by atoms with Gasteiger partial charge in [0.05, 0.1) is 4.90 Å². The van der Waals surface area contributed by atoms with Gasteiger partial charge in [0.25, 0.3) is 0 Å². The Morgan fingerprint density at radius 2 is 1.90 bits per heavy atom. The Kier molecular flexibility index (Phi) is 7.09. The summed E-state index contributed by atoms with van der Waals surface area (Å²) in [5.74, 6) is 1.48. The third-order valence-electron chi connectivity index (χ3n) is 2.63. The number of phenolic OH excluding ortho intramolecular Hbond substituents is 2. The molecule has 1 rings (SSSR count). The average Bonchev–Trinajstić information content (AvgIpc) is 2.38. The summed E-state index contributed by atoms with van der Waals surface area (Å²) in [4.78, 5) is 12.6. The van der Waals surface area contributed by atoms with Crippen LogP contribution in [0.2, 0.25) is 0 Å². The van der Waals surface area contributed by atoms with Crippen molar-refractivity contribution in [3.05, 3.63) is 11.6 Å². The molecule has 1 aromatic carbocycles. The quantitative estimate of drug-likeness (QED) is 0.533. The molecule has 1 amide bonds. The molecule has 3 N–H and O–H groups in total. The monoisotopic (exact) mass is 315 g/mol. The van der Waals surface area contributed by atoms with Gasteiger partial charge in [0.1, 0.15) is 0 Å². The highest BCUT2D eigenvalue weighted by molar-refractivity contribution is 8.00. The molecule has 0 aliphatic rings. The van der Waals surface area contributed by atoms with Crippen LogP contribution >= 0.6 is 23.5 Å². The van der Waals surface area contributed by atoms with Crippen LogP contribution in [-0.4, -0.2) is 34.2 Å². The fraction of sp³-hybridized carbons (Fsp3) is 0.500. The fourth-order valence-electron chi connectivity index (χ4n) is 1.84. The minimum absolute atomic E-state index is 0.0601. The van der Waals surface area contributed by atoms with Crippen molar-refractivity contribution in [2.75, 3.05) is 18.1 Å². The Bertz CT molecular complexity index is 478. The molecule has 0 aliphatic carbocycles. The summed E-state index contributed by atoms with van der Waals surface area (Å²) in [6.07, 6.45) is 0.637. The Balaban J connectivity index is 3.12. The molecule has 0 spiro atoms. The maximum Gasteiger partial charge on any atom is 0.216 e. The van der Waals surface area contributed by atoms with Gasteiger partial charge in [-0.05, 0) is 29.6 Å². The Labute approximate surface area is 128 Å². The van der Waals surface area contributed by atoms with Gasteiger partial charge in [-0.2, -0.15) is 0 Å². The van der Waals surface area contributed by atoms with Gasteiger partial charge in [-0.15, -0.1) is 23.5 Å². The van der Waals surface area contributed by atoms with Crippen molar-refractivity contribution in [2.45, 2.75) is 37.0 Å². The molecule has 0 unspecified atom stereocenters. The predicted molar refractivity (Wildman–Crippen MR) is 85.0 cm³/mol. The molecule has 0 fully saturated rings. The highest BCUT2D eigenvalue weighted by atomic mass is 32.2. The van der Waals surface area contributed by atoms with Gasteiger partial charge < -0.3 is 15.5 Å². The molecule has 0 heterocycles. The molecular weight excluding hydrogens is 294 g/mol. The third-order valence-corrected chi connectivity index (χ3v) is 4.62. The third kappa shape index (κ3) is 4.52. The number of rotatable bonds is 7. The van der Waals surface area contributed by atoms with E-state index in [4.69, 9.17) is 0 Å². The number of hydrogen-bond donors (Lipinski definition) is 3. The lowest BCUT2D eigenvalue weighted by molar-refractivity contribution is -0.118. The zero-order chi connectivity index (χ0) is 15.1. The van der Waals surface area contributed by atoms with Crippen molar-refractivity contribution in [1.29, 1.82) is 0 Å². The van der Waals surface area contributed by atoms with E-state index < -0.39 is 0 Å². The van der Waals surface area contributed by atoms with Crippen molar-refractivity contribution in [3.8, 4) is 11.5 Å². The lowest BCUT2D eigenvalue weighted by Gasteiger charge is -2.16. The standard InChI is InChI=1S/C14H21NO3S2/c1-4-19-12-8-11(17)13(18)14(20-5-2)10(12)6-7-15-9(3)16/h8,17-18H,4-7H2,1-3H3,(H,15,16). The Morgan fingerprint density at radius 1 is 1.25 bits per heavy atom. The summed E-state index contributed by atoms with van der Waals surface area (Å²) in [5.41, 5.74) is 0.993. The van der Waals surface area contributed by atoms with Crippen molar-refractivity contribution >= 4 is 29.4 Å². The van der Waals surface area contributed by atoms with Crippen LogP contribution in [0.15, 0.2) is 15.9 Å². The Hall–Kier alpha value is -1.01. The highest BCUT2D eigenvalue weighted by Gasteiger charge is 2.17. The highest BCUT2D eigenvalue weighted by Crippen LogP contribution is 2.43. The van der Waals surface area contributed by atoms with Gasteiger partial charge in [-0.3, -0.25) is 4.79 Å². The molecule has 0 aliphatic heterocycles. The first-order valence-corrected chi connectivity index (χ1v) is 8.56. The van der Waals surface area contributed by atoms with E-state index in [1.54, 1.807) is 17.8 Å². The molecule has 112 valence electrons. The van der Waals surface area contributed by atoms with E-state index in [0.29, 0.717) is 17.9 Å². The minimum atomic E-state index is -0.0832. The van der Waals surface area contributed by atoms with E-state index >= 15 is 0 Å². The molecule has 0 bridgehead atoms. The van der Waals surface area contributed by atoms with Gasteiger partial charge >= 0.3 is 0 Å². The van der Waals surface area contributed by atoms with Crippen LogP contribution in [0, 0.1) is 0 Å². The number of amides is 1. The van der Waals surface area contributed by atoms with Crippen LogP contribution in [0.4, 0.5) is 0 Å². The summed E-state index contributed by atoms with van der Waals surface area (Å²) in [6, 6.07) is 1.60. The second-order valence-electron chi connectivity index (χ2n) is 4.15. The summed E-state index contributed by atoms with van der Waals surface area (Å²) < 4.78 is 0. The van der Waals surface area contributed by atoms with Gasteiger partial charge in [0.2, 0.25) is 5.91 Å². The van der Waals surface area contributed by atoms with E-state index in [2.05, 4.69) is 5.32 Å². The summed E-state index contributed by atoms with van der Waals surface area (Å²) in [5, 5.41) is 22.6. The van der Waals surface area contributed by atoms with Crippen LogP contribution in [0.25, 0.3) is 0 Å². The average molecular weight is 315 g/mol. The smallest absolute Gasteiger partial charge is 0.216 e. The molecule has 20 heavy (non-hydrogen) atoms. The number of carbonyl (C=O) groups is 1. The van der Waals surface area contributed by atoms with Gasteiger partial charge in [-0.1, -0.05) is 13.8 Å². The Morgan fingerprint density at radius 3 is 2.45 bits per heavy atom. The molecular formula is C14H21NO3S2. The molecule has 6 heteroatoms. The SMILES string of the molecule is CCSc1cc(O)c(O)c(SCC)c1CCNC(C)=O. The number of thioether (sulfide) groups is 2.